The molecule has 0 saturated carbocycles. The Morgan fingerprint density at radius 2 is 0.591 bits per heavy atom. The fourth-order valence-corrected chi connectivity index (χ4v) is 6.64. The van der Waals surface area contributed by atoms with Crippen molar-refractivity contribution in [3.8, 4) is 55.6 Å². The summed E-state index contributed by atoms with van der Waals surface area (Å²) in [4.78, 5) is 0. The van der Waals surface area contributed by atoms with Crippen molar-refractivity contribution < 1.29 is 0 Å². The SMILES string of the molecule is c1ccc(-c2ccc(-c3cccc(-c4c5ccccc5c(-c5ccccc5-c5ccccc5)c5ccccc45)c3)cc2)cc1. The molecular weight excluding hydrogens is 528 g/mol. The number of hydrogen-bond acceptors (Lipinski definition) is 0. The average molecular weight is 559 g/mol. The largest absolute Gasteiger partial charge is 0.0622 e. The highest BCUT2D eigenvalue weighted by molar-refractivity contribution is 6.22. The zero-order valence-corrected chi connectivity index (χ0v) is 24.3. The normalized spacial score (nSPS) is 11.2. The summed E-state index contributed by atoms with van der Waals surface area (Å²) < 4.78 is 0. The van der Waals surface area contributed by atoms with Gasteiger partial charge in [0.2, 0.25) is 0 Å². The Bertz CT molecular complexity index is 2180. The van der Waals surface area contributed by atoms with Crippen LogP contribution in [0.4, 0.5) is 0 Å². The quantitative estimate of drug-likeness (QED) is 0.184. The minimum Gasteiger partial charge on any atom is -0.0622 e. The van der Waals surface area contributed by atoms with Crippen molar-refractivity contribution in [2.75, 3.05) is 0 Å². The van der Waals surface area contributed by atoms with Crippen molar-refractivity contribution >= 4 is 21.5 Å². The van der Waals surface area contributed by atoms with Crippen LogP contribution in [-0.4, -0.2) is 0 Å². The average Bonchev–Trinajstić information content (AvgIpc) is 3.11. The molecule has 0 saturated heterocycles. The van der Waals surface area contributed by atoms with Crippen molar-refractivity contribution in [2.24, 2.45) is 0 Å². The van der Waals surface area contributed by atoms with E-state index in [4.69, 9.17) is 0 Å². The van der Waals surface area contributed by atoms with Crippen LogP contribution in [-0.2, 0) is 0 Å². The smallest absolute Gasteiger partial charge is 0.00201 e. The Morgan fingerprint density at radius 1 is 0.205 bits per heavy atom. The molecule has 0 heteroatoms. The maximum atomic E-state index is 2.35. The lowest BCUT2D eigenvalue weighted by Gasteiger charge is -2.20. The first kappa shape index (κ1) is 25.9. The van der Waals surface area contributed by atoms with Gasteiger partial charge in [-0.2, -0.15) is 0 Å². The molecule has 8 aromatic rings. The van der Waals surface area contributed by atoms with Gasteiger partial charge in [-0.1, -0.05) is 176 Å². The van der Waals surface area contributed by atoms with Crippen molar-refractivity contribution in [1.82, 2.24) is 0 Å². The first-order valence-corrected chi connectivity index (χ1v) is 15.2. The van der Waals surface area contributed by atoms with Gasteiger partial charge in [0, 0.05) is 0 Å². The van der Waals surface area contributed by atoms with E-state index < -0.39 is 0 Å². The van der Waals surface area contributed by atoms with E-state index in [-0.39, 0.29) is 0 Å². The number of hydrogen-bond donors (Lipinski definition) is 0. The van der Waals surface area contributed by atoms with E-state index in [0.717, 1.165) is 0 Å². The minimum atomic E-state index is 1.22. The molecule has 0 aliphatic carbocycles. The third-order valence-corrected chi connectivity index (χ3v) is 8.69. The Kier molecular flexibility index (Phi) is 6.59. The van der Waals surface area contributed by atoms with E-state index in [2.05, 4.69) is 182 Å². The van der Waals surface area contributed by atoms with Crippen molar-refractivity contribution in [2.45, 2.75) is 0 Å². The zero-order valence-electron chi connectivity index (χ0n) is 24.3. The van der Waals surface area contributed by atoms with Gasteiger partial charge in [-0.3, -0.25) is 0 Å². The van der Waals surface area contributed by atoms with Crippen LogP contribution in [0.2, 0.25) is 0 Å². The van der Waals surface area contributed by atoms with Crippen LogP contribution in [0.3, 0.4) is 0 Å². The Labute approximate surface area is 258 Å². The van der Waals surface area contributed by atoms with Crippen LogP contribution < -0.4 is 0 Å². The topological polar surface area (TPSA) is 0 Å². The van der Waals surface area contributed by atoms with E-state index in [0.29, 0.717) is 0 Å². The predicted octanol–water partition coefficient (Wildman–Crippen LogP) is 12.3. The van der Waals surface area contributed by atoms with Gasteiger partial charge in [0.15, 0.2) is 0 Å². The fourth-order valence-electron chi connectivity index (χ4n) is 6.64. The molecule has 0 atom stereocenters. The van der Waals surface area contributed by atoms with E-state index in [9.17, 15) is 0 Å². The van der Waals surface area contributed by atoms with Gasteiger partial charge in [-0.25, -0.2) is 0 Å². The standard InChI is InChI=1S/C44H30/c1-3-14-31(15-4-1)32-26-28-33(29-27-32)35-18-13-19-36(30-35)43-39-22-9-11-24-41(39)44(42-25-12-10-23-40(42)43)38-21-8-7-20-37(38)34-16-5-2-6-17-34/h1-30H. The monoisotopic (exact) mass is 558 g/mol. The highest BCUT2D eigenvalue weighted by atomic mass is 14.2. The summed E-state index contributed by atoms with van der Waals surface area (Å²) >= 11 is 0. The van der Waals surface area contributed by atoms with E-state index in [1.807, 2.05) is 0 Å². The maximum Gasteiger partial charge on any atom is -0.00201 e. The summed E-state index contributed by atoms with van der Waals surface area (Å²) in [7, 11) is 0. The van der Waals surface area contributed by atoms with Crippen molar-refractivity contribution in [1.29, 1.82) is 0 Å². The van der Waals surface area contributed by atoms with Crippen LogP contribution in [0.1, 0.15) is 0 Å². The van der Waals surface area contributed by atoms with Crippen LogP contribution in [0.5, 0.6) is 0 Å². The van der Waals surface area contributed by atoms with Gasteiger partial charge >= 0.3 is 0 Å². The summed E-state index contributed by atoms with van der Waals surface area (Å²) in [5, 5.41) is 5.06. The van der Waals surface area contributed by atoms with Gasteiger partial charge in [-0.05, 0) is 83.2 Å². The van der Waals surface area contributed by atoms with Gasteiger partial charge in [-0.15, -0.1) is 0 Å². The van der Waals surface area contributed by atoms with Crippen LogP contribution in [0, 0.1) is 0 Å². The van der Waals surface area contributed by atoms with E-state index >= 15 is 0 Å². The molecule has 0 aliphatic rings. The summed E-state index contributed by atoms with van der Waals surface area (Å²) in [6.45, 7) is 0. The fraction of sp³-hybridized carbons (Fsp3) is 0. The zero-order chi connectivity index (χ0) is 29.3. The molecular formula is C44H30. The molecule has 206 valence electrons. The van der Waals surface area contributed by atoms with Gasteiger partial charge in [0.1, 0.15) is 0 Å². The number of benzene rings is 8. The number of rotatable bonds is 5. The van der Waals surface area contributed by atoms with E-state index in [1.165, 1.54) is 77.2 Å². The molecule has 0 amide bonds. The molecule has 0 unspecified atom stereocenters. The third kappa shape index (κ3) is 4.58. The number of fused-ring (bicyclic) bond motifs is 2. The highest BCUT2D eigenvalue weighted by Crippen LogP contribution is 2.46. The molecule has 44 heavy (non-hydrogen) atoms. The second-order valence-corrected chi connectivity index (χ2v) is 11.3. The molecule has 8 aromatic carbocycles. The summed E-state index contributed by atoms with van der Waals surface area (Å²) in [6.07, 6.45) is 0. The van der Waals surface area contributed by atoms with Gasteiger partial charge in [0.25, 0.3) is 0 Å². The van der Waals surface area contributed by atoms with Crippen LogP contribution in [0.15, 0.2) is 182 Å². The van der Waals surface area contributed by atoms with Crippen LogP contribution >= 0.6 is 0 Å². The Hall–Kier alpha value is -5.72. The Balaban J connectivity index is 1.33. The van der Waals surface area contributed by atoms with Crippen molar-refractivity contribution in [3.63, 3.8) is 0 Å². The third-order valence-electron chi connectivity index (χ3n) is 8.69. The predicted molar refractivity (Wildman–Crippen MR) is 189 cm³/mol. The van der Waals surface area contributed by atoms with E-state index in [1.54, 1.807) is 0 Å². The molecule has 0 nitrogen and oxygen atoms in total. The minimum absolute atomic E-state index is 1.22. The Morgan fingerprint density at radius 3 is 1.18 bits per heavy atom. The molecule has 0 heterocycles. The van der Waals surface area contributed by atoms with Crippen molar-refractivity contribution in [3.05, 3.63) is 182 Å². The lowest BCUT2D eigenvalue weighted by Crippen LogP contribution is -1.93. The molecule has 0 N–H and O–H groups in total. The van der Waals surface area contributed by atoms with Gasteiger partial charge < -0.3 is 0 Å². The summed E-state index contributed by atoms with van der Waals surface area (Å²) in [6, 6.07) is 65.9. The lowest BCUT2D eigenvalue weighted by atomic mass is 9.83. The summed E-state index contributed by atoms with van der Waals surface area (Å²) in [5.74, 6) is 0. The molecule has 8 rings (SSSR count). The lowest BCUT2D eigenvalue weighted by molar-refractivity contribution is 1.58. The second-order valence-electron chi connectivity index (χ2n) is 11.3. The first-order chi connectivity index (χ1) is 21.8. The molecule has 0 aliphatic heterocycles. The molecule has 0 bridgehead atoms. The van der Waals surface area contributed by atoms with Gasteiger partial charge in [0.05, 0.1) is 0 Å². The summed E-state index contributed by atoms with van der Waals surface area (Å²) in [5.41, 5.74) is 12.4. The molecule has 0 radical (unpaired) electrons. The second kappa shape index (κ2) is 11.2. The molecule has 0 spiro atoms. The highest BCUT2D eigenvalue weighted by Gasteiger charge is 2.18. The molecule has 0 fully saturated rings. The van der Waals surface area contributed by atoms with Crippen LogP contribution in [0.25, 0.3) is 77.2 Å². The first-order valence-electron chi connectivity index (χ1n) is 15.2. The molecule has 0 aromatic heterocycles. The maximum absolute atomic E-state index is 2.35.